The van der Waals surface area contributed by atoms with Gasteiger partial charge in [0, 0.05) is 36.5 Å². The van der Waals surface area contributed by atoms with Crippen molar-refractivity contribution in [2.45, 2.75) is 45.6 Å². The molecule has 1 N–H and O–H groups in total. The lowest BCUT2D eigenvalue weighted by molar-refractivity contribution is 0.532. The summed E-state index contributed by atoms with van der Waals surface area (Å²) in [5.41, 5.74) is 2.14. The minimum atomic E-state index is 0.351. The van der Waals surface area contributed by atoms with Gasteiger partial charge < -0.3 is 5.32 Å². The molecule has 2 heterocycles. The van der Waals surface area contributed by atoms with Gasteiger partial charge in [0.15, 0.2) is 5.82 Å². The van der Waals surface area contributed by atoms with E-state index in [9.17, 15) is 0 Å². The fourth-order valence-electron chi connectivity index (χ4n) is 2.19. The lowest BCUT2D eigenvalue weighted by Crippen LogP contribution is -2.03. The average Bonchev–Trinajstić information content (AvgIpc) is 3.15. The van der Waals surface area contributed by atoms with Gasteiger partial charge in [0.2, 0.25) is 0 Å². The molecule has 0 spiro atoms. The zero-order valence-corrected chi connectivity index (χ0v) is 12.3. The van der Waals surface area contributed by atoms with Crippen LogP contribution in [0.3, 0.4) is 0 Å². The fourth-order valence-corrected chi connectivity index (χ4v) is 2.19. The van der Waals surface area contributed by atoms with Gasteiger partial charge in [-0.15, -0.1) is 0 Å². The van der Waals surface area contributed by atoms with Gasteiger partial charge in [0.1, 0.15) is 5.82 Å². The SMILES string of the molecule is CCNc1cc(C2CC2)nc(-c2cnn(C(C)C)c2)n1. The first-order valence-corrected chi connectivity index (χ1v) is 7.34. The second kappa shape index (κ2) is 5.23. The maximum absolute atomic E-state index is 4.72. The van der Waals surface area contributed by atoms with Crippen molar-refractivity contribution in [3.63, 3.8) is 0 Å². The molecule has 2 aromatic rings. The van der Waals surface area contributed by atoms with E-state index in [-0.39, 0.29) is 0 Å². The van der Waals surface area contributed by atoms with Crippen LogP contribution in [-0.2, 0) is 0 Å². The van der Waals surface area contributed by atoms with E-state index >= 15 is 0 Å². The fraction of sp³-hybridized carbons (Fsp3) is 0.533. The van der Waals surface area contributed by atoms with Crippen molar-refractivity contribution in [1.82, 2.24) is 19.7 Å². The van der Waals surface area contributed by atoms with E-state index in [0.717, 1.165) is 29.4 Å². The Morgan fingerprint density at radius 1 is 1.35 bits per heavy atom. The second-order valence-corrected chi connectivity index (χ2v) is 5.61. The van der Waals surface area contributed by atoms with Gasteiger partial charge >= 0.3 is 0 Å². The predicted octanol–water partition coefficient (Wildman–Crippen LogP) is 3.23. The van der Waals surface area contributed by atoms with Crippen molar-refractivity contribution in [2.24, 2.45) is 0 Å². The Balaban J connectivity index is 1.97. The molecular weight excluding hydrogens is 250 g/mol. The molecule has 0 amide bonds. The number of nitrogens with zero attached hydrogens (tertiary/aromatic N) is 4. The third kappa shape index (κ3) is 2.66. The van der Waals surface area contributed by atoms with Crippen LogP contribution in [0.5, 0.6) is 0 Å². The summed E-state index contributed by atoms with van der Waals surface area (Å²) in [6.45, 7) is 7.17. The zero-order chi connectivity index (χ0) is 14.1. The van der Waals surface area contributed by atoms with Crippen molar-refractivity contribution in [1.29, 1.82) is 0 Å². The summed E-state index contributed by atoms with van der Waals surface area (Å²) >= 11 is 0. The minimum Gasteiger partial charge on any atom is -0.370 e. The highest BCUT2D eigenvalue weighted by molar-refractivity contribution is 5.56. The molecule has 5 nitrogen and oxygen atoms in total. The summed E-state index contributed by atoms with van der Waals surface area (Å²) in [4.78, 5) is 9.32. The number of anilines is 1. The third-order valence-corrected chi connectivity index (χ3v) is 3.49. The van der Waals surface area contributed by atoms with E-state index in [0.29, 0.717) is 12.0 Å². The van der Waals surface area contributed by atoms with Crippen LogP contribution in [0.1, 0.15) is 51.3 Å². The number of rotatable bonds is 5. The molecule has 2 aromatic heterocycles. The number of hydrogen-bond acceptors (Lipinski definition) is 4. The highest BCUT2D eigenvalue weighted by Gasteiger charge is 2.26. The lowest BCUT2D eigenvalue weighted by atomic mass is 10.2. The quantitative estimate of drug-likeness (QED) is 0.907. The van der Waals surface area contributed by atoms with E-state index in [1.807, 2.05) is 17.1 Å². The molecule has 5 heteroatoms. The maximum atomic E-state index is 4.72. The van der Waals surface area contributed by atoms with Crippen LogP contribution in [0.2, 0.25) is 0 Å². The van der Waals surface area contributed by atoms with Gasteiger partial charge in [-0.25, -0.2) is 9.97 Å². The molecule has 0 aliphatic heterocycles. The van der Waals surface area contributed by atoms with Gasteiger partial charge in [0.05, 0.1) is 11.8 Å². The monoisotopic (exact) mass is 271 g/mol. The van der Waals surface area contributed by atoms with Crippen LogP contribution < -0.4 is 5.32 Å². The van der Waals surface area contributed by atoms with Crippen molar-refractivity contribution in [3.8, 4) is 11.4 Å². The normalized spacial score (nSPS) is 14.8. The molecule has 3 rings (SSSR count). The van der Waals surface area contributed by atoms with Crippen LogP contribution in [0.15, 0.2) is 18.5 Å². The summed E-state index contributed by atoms with van der Waals surface area (Å²) in [5.74, 6) is 2.31. The van der Waals surface area contributed by atoms with E-state index in [2.05, 4.69) is 42.2 Å². The highest BCUT2D eigenvalue weighted by Crippen LogP contribution is 2.40. The van der Waals surface area contributed by atoms with Crippen molar-refractivity contribution in [3.05, 3.63) is 24.2 Å². The van der Waals surface area contributed by atoms with Crippen LogP contribution in [-0.4, -0.2) is 26.3 Å². The number of nitrogens with one attached hydrogen (secondary N) is 1. The average molecular weight is 271 g/mol. The molecule has 0 bridgehead atoms. The smallest absolute Gasteiger partial charge is 0.164 e. The van der Waals surface area contributed by atoms with Crippen molar-refractivity contribution >= 4 is 5.82 Å². The molecule has 0 aromatic carbocycles. The first-order chi connectivity index (χ1) is 9.67. The molecule has 0 unspecified atom stereocenters. The molecule has 1 aliphatic rings. The van der Waals surface area contributed by atoms with Crippen LogP contribution in [0.25, 0.3) is 11.4 Å². The molecule has 20 heavy (non-hydrogen) atoms. The van der Waals surface area contributed by atoms with Crippen LogP contribution in [0, 0.1) is 0 Å². The number of aromatic nitrogens is 4. The molecule has 1 aliphatic carbocycles. The first kappa shape index (κ1) is 13.1. The zero-order valence-electron chi connectivity index (χ0n) is 12.3. The second-order valence-electron chi connectivity index (χ2n) is 5.61. The van der Waals surface area contributed by atoms with Gasteiger partial charge in [-0.05, 0) is 33.6 Å². The molecular formula is C15H21N5. The van der Waals surface area contributed by atoms with Crippen LogP contribution >= 0.6 is 0 Å². The number of hydrogen-bond donors (Lipinski definition) is 1. The van der Waals surface area contributed by atoms with Crippen LogP contribution in [0.4, 0.5) is 5.82 Å². The topological polar surface area (TPSA) is 55.6 Å². The Labute approximate surface area is 119 Å². The van der Waals surface area contributed by atoms with Crippen molar-refractivity contribution in [2.75, 3.05) is 11.9 Å². The molecule has 106 valence electrons. The Kier molecular flexibility index (Phi) is 3.42. The van der Waals surface area contributed by atoms with E-state index in [4.69, 9.17) is 4.98 Å². The van der Waals surface area contributed by atoms with Gasteiger partial charge in [-0.1, -0.05) is 0 Å². The van der Waals surface area contributed by atoms with Gasteiger partial charge in [0.25, 0.3) is 0 Å². The van der Waals surface area contributed by atoms with E-state index in [1.165, 1.54) is 12.8 Å². The highest BCUT2D eigenvalue weighted by atomic mass is 15.3. The molecule has 0 radical (unpaired) electrons. The molecule has 1 saturated carbocycles. The Bertz CT molecular complexity index is 598. The molecule has 0 atom stereocenters. The van der Waals surface area contributed by atoms with E-state index in [1.54, 1.807) is 0 Å². The molecule has 1 fully saturated rings. The van der Waals surface area contributed by atoms with Crippen molar-refractivity contribution < 1.29 is 0 Å². The van der Waals surface area contributed by atoms with Gasteiger partial charge in [-0.2, -0.15) is 5.10 Å². The maximum Gasteiger partial charge on any atom is 0.164 e. The minimum absolute atomic E-state index is 0.351. The summed E-state index contributed by atoms with van der Waals surface area (Å²) in [6.07, 6.45) is 6.36. The Hall–Kier alpha value is -1.91. The lowest BCUT2D eigenvalue weighted by Gasteiger charge is -2.07. The Morgan fingerprint density at radius 2 is 2.15 bits per heavy atom. The summed E-state index contributed by atoms with van der Waals surface area (Å²) < 4.78 is 1.94. The largest absolute Gasteiger partial charge is 0.370 e. The summed E-state index contributed by atoms with van der Waals surface area (Å²) in [5, 5.41) is 7.67. The Morgan fingerprint density at radius 3 is 2.75 bits per heavy atom. The summed E-state index contributed by atoms with van der Waals surface area (Å²) in [6, 6.07) is 2.43. The predicted molar refractivity (Wildman–Crippen MR) is 79.8 cm³/mol. The first-order valence-electron chi connectivity index (χ1n) is 7.34. The van der Waals surface area contributed by atoms with E-state index < -0.39 is 0 Å². The third-order valence-electron chi connectivity index (χ3n) is 3.49. The summed E-state index contributed by atoms with van der Waals surface area (Å²) in [7, 11) is 0. The van der Waals surface area contributed by atoms with Gasteiger partial charge in [-0.3, -0.25) is 4.68 Å². The molecule has 0 saturated heterocycles. The standard InChI is InChI=1S/C15H21N5/c1-4-16-14-7-13(11-5-6-11)18-15(19-14)12-8-17-20(9-12)10(2)3/h7-11H,4-6H2,1-3H3,(H,16,18,19).